The van der Waals surface area contributed by atoms with E-state index in [4.69, 9.17) is 0 Å². The molecule has 4 nitrogen and oxygen atoms in total. The number of halogens is 3. The number of rotatable bonds is 0. The Labute approximate surface area is 67.0 Å². The average Bonchev–Trinajstić information content (AvgIpc) is 1.82. The van der Waals surface area contributed by atoms with Crippen LogP contribution < -0.4 is 0 Å². The summed E-state index contributed by atoms with van der Waals surface area (Å²) >= 11 is 0. The molecule has 12 heavy (non-hydrogen) atoms. The molecule has 0 saturated carbocycles. The third-order valence-electron chi connectivity index (χ3n) is 1.20. The monoisotopic (exact) mass is 203 g/mol. The molecule has 0 unspecified atom stereocenters. The molecule has 0 N–H and O–H groups in total. The minimum atomic E-state index is -4.06. The first-order valence-electron chi connectivity index (χ1n) is 2.87. The lowest BCUT2D eigenvalue weighted by molar-refractivity contribution is -0.214. The summed E-state index contributed by atoms with van der Waals surface area (Å²) in [6.45, 7) is -1.07. The lowest BCUT2D eigenvalue weighted by atomic mass is 10.5. The van der Waals surface area contributed by atoms with E-state index in [1.165, 1.54) is 0 Å². The lowest BCUT2D eigenvalue weighted by Gasteiger charge is -2.25. The maximum absolute atomic E-state index is 12.4. The highest BCUT2D eigenvalue weighted by Crippen LogP contribution is 2.23. The van der Waals surface area contributed by atoms with Gasteiger partial charge in [0.1, 0.15) is 0 Å². The average molecular weight is 203 g/mol. The van der Waals surface area contributed by atoms with Crippen molar-refractivity contribution in [1.29, 1.82) is 0 Å². The predicted octanol–water partition coefficient (Wildman–Crippen LogP) is -0.195. The summed E-state index contributed by atoms with van der Waals surface area (Å²) in [4.78, 5) is -1.67. The molecule has 1 aliphatic heterocycles. The summed E-state index contributed by atoms with van der Waals surface area (Å²) in [6, 6.07) is 0. The molecule has 8 heteroatoms. The van der Waals surface area contributed by atoms with Crippen LogP contribution in [0.1, 0.15) is 0 Å². The minimum absolute atomic E-state index is 0.515. The van der Waals surface area contributed by atoms with E-state index in [2.05, 4.69) is 4.74 Å². The first kappa shape index (κ1) is 9.49. The summed E-state index contributed by atoms with van der Waals surface area (Å²) in [5, 5.41) is -0.535. The molecule has 1 fully saturated rings. The smallest absolute Gasteiger partial charge is 0.313 e. The third kappa shape index (κ3) is 1.59. The molecule has 0 bridgehead atoms. The van der Waals surface area contributed by atoms with E-state index in [0.29, 0.717) is 0 Å². The fourth-order valence-corrected chi connectivity index (χ4v) is 1.24. The molecule has 1 aliphatic rings. The van der Waals surface area contributed by atoms with Crippen molar-refractivity contribution in [3.05, 3.63) is 0 Å². The predicted molar refractivity (Wildman–Crippen MR) is 32.6 cm³/mol. The molecular formula is C4H4F3NO3S. The minimum Gasteiger partial charge on any atom is -0.313 e. The van der Waals surface area contributed by atoms with E-state index in [-0.39, 0.29) is 0 Å². The number of ether oxygens (including phenoxy) is 1. The molecule has 0 amide bonds. The van der Waals surface area contributed by atoms with Crippen molar-refractivity contribution in [2.75, 3.05) is 13.2 Å². The second kappa shape index (κ2) is 3.04. The molecule has 70 valence electrons. The van der Waals surface area contributed by atoms with Gasteiger partial charge in [0, 0.05) is 0 Å². The van der Waals surface area contributed by atoms with E-state index in [9.17, 15) is 21.7 Å². The quantitative estimate of drug-likeness (QED) is 0.404. The van der Waals surface area contributed by atoms with E-state index in [1.807, 2.05) is 0 Å². The van der Waals surface area contributed by atoms with Crippen molar-refractivity contribution in [3.63, 3.8) is 0 Å². The van der Waals surface area contributed by atoms with Crippen molar-refractivity contribution in [3.8, 4) is 0 Å². The van der Waals surface area contributed by atoms with Crippen LogP contribution in [-0.4, -0.2) is 37.8 Å². The molecule has 0 radical (unpaired) electrons. The highest BCUT2D eigenvalue weighted by molar-refractivity contribution is 7.73. The SMILES string of the molecule is O=S(=O)=C1N(F)CCOC1(F)F. The van der Waals surface area contributed by atoms with Crippen LogP contribution >= 0.6 is 0 Å². The molecule has 0 aliphatic carbocycles. The first-order valence-corrected chi connectivity index (χ1v) is 3.94. The fraction of sp³-hybridized carbons (Fsp3) is 0.750. The topological polar surface area (TPSA) is 46.6 Å². The van der Waals surface area contributed by atoms with Gasteiger partial charge in [0.05, 0.1) is 13.2 Å². The number of morpholine rings is 1. The summed E-state index contributed by atoms with van der Waals surface area (Å²) in [6.07, 6.45) is -4.06. The van der Waals surface area contributed by atoms with Gasteiger partial charge in [-0.05, 0) is 0 Å². The number of nitrogens with zero attached hydrogens (tertiary/aromatic N) is 1. The van der Waals surface area contributed by atoms with Crippen LogP contribution in [0.2, 0.25) is 0 Å². The molecule has 0 atom stereocenters. The van der Waals surface area contributed by atoms with Crippen LogP contribution in [0.3, 0.4) is 0 Å². The summed E-state index contributed by atoms with van der Waals surface area (Å²) in [5.74, 6) is 0. The van der Waals surface area contributed by atoms with Gasteiger partial charge in [-0.15, -0.1) is 4.48 Å². The van der Waals surface area contributed by atoms with Crippen LogP contribution in [0.5, 0.6) is 0 Å². The molecular weight excluding hydrogens is 199 g/mol. The Balaban J connectivity index is 3.15. The number of hydrogen-bond donors (Lipinski definition) is 0. The molecule has 0 spiro atoms. The second-order valence-corrected chi connectivity index (χ2v) is 2.85. The molecule has 0 aromatic heterocycles. The number of alkyl halides is 2. The maximum atomic E-state index is 12.4. The van der Waals surface area contributed by atoms with Crippen LogP contribution in [0.15, 0.2) is 0 Å². The molecule has 1 heterocycles. The van der Waals surface area contributed by atoms with Crippen LogP contribution in [-0.2, 0) is 15.0 Å². The largest absolute Gasteiger partial charge is 0.410 e. The van der Waals surface area contributed by atoms with Crippen molar-refractivity contribution >= 4 is 15.3 Å². The van der Waals surface area contributed by atoms with Crippen molar-refractivity contribution in [2.45, 2.75) is 6.11 Å². The first-order chi connectivity index (χ1) is 5.45. The van der Waals surface area contributed by atoms with E-state index < -0.39 is 39.7 Å². The summed E-state index contributed by atoms with van der Waals surface area (Å²) < 4.78 is 61.3. The van der Waals surface area contributed by atoms with Gasteiger partial charge >= 0.3 is 6.11 Å². The standard InChI is InChI=1S/C4H4F3NO3S/c5-4(6)3(12(9)10)8(7)1-2-11-4/h1-2H2. The zero-order valence-corrected chi connectivity index (χ0v) is 6.44. The highest BCUT2D eigenvalue weighted by atomic mass is 32.2. The Kier molecular flexibility index (Phi) is 2.40. The van der Waals surface area contributed by atoms with E-state index >= 15 is 0 Å². The zero-order valence-electron chi connectivity index (χ0n) is 5.63. The van der Waals surface area contributed by atoms with Gasteiger partial charge < -0.3 is 4.74 Å². The van der Waals surface area contributed by atoms with Crippen LogP contribution in [0.4, 0.5) is 13.3 Å². The van der Waals surface area contributed by atoms with E-state index in [0.717, 1.165) is 0 Å². The van der Waals surface area contributed by atoms with E-state index in [1.54, 1.807) is 0 Å². The van der Waals surface area contributed by atoms with Crippen LogP contribution in [0.25, 0.3) is 0 Å². The zero-order chi connectivity index (χ0) is 9.35. The number of hydrogen-bond acceptors (Lipinski definition) is 3. The second-order valence-electron chi connectivity index (χ2n) is 1.99. The van der Waals surface area contributed by atoms with Crippen molar-refractivity contribution in [2.24, 2.45) is 0 Å². The molecule has 1 rings (SSSR count). The summed E-state index contributed by atoms with van der Waals surface area (Å²) in [5.41, 5.74) is 0. The highest BCUT2D eigenvalue weighted by Gasteiger charge is 2.46. The van der Waals surface area contributed by atoms with Gasteiger partial charge in [-0.1, -0.05) is 5.12 Å². The van der Waals surface area contributed by atoms with Crippen molar-refractivity contribution < 1.29 is 26.4 Å². The third-order valence-corrected chi connectivity index (χ3v) is 1.95. The Morgan fingerprint density at radius 1 is 1.50 bits per heavy atom. The molecule has 0 aromatic carbocycles. The van der Waals surface area contributed by atoms with Crippen LogP contribution in [0, 0.1) is 0 Å². The maximum Gasteiger partial charge on any atom is 0.410 e. The van der Waals surface area contributed by atoms with Crippen molar-refractivity contribution in [1.82, 2.24) is 5.12 Å². The molecule has 0 aromatic rings. The van der Waals surface area contributed by atoms with Gasteiger partial charge in [-0.3, -0.25) is 0 Å². The summed E-state index contributed by atoms with van der Waals surface area (Å²) in [7, 11) is -3.31. The lowest BCUT2D eigenvalue weighted by Crippen LogP contribution is -2.48. The molecule has 1 saturated heterocycles. The van der Waals surface area contributed by atoms with Gasteiger partial charge in [-0.25, -0.2) is 0 Å². The Bertz CT molecular complexity index is 304. The van der Waals surface area contributed by atoms with Gasteiger partial charge in [0.25, 0.3) is 0 Å². The Morgan fingerprint density at radius 2 is 2.08 bits per heavy atom. The Morgan fingerprint density at radius 3 is 2.42 bits per heavy atom. The van der Waals surface area contributed by atoms with Gasteiger partial charge in [0.2, 0.25) is 15.3 Å². The normalized spacial score (nSPS) is 24.1. The Hall–Kier alpha value is -0.600. The fourth-order valence-electron chi connectivity index (χ4n) is 0.736. The van der Waals surface area contributed by atoms with Gasteiger partial charge in [0.15, 0.2) is 0 Å². The van der Waals surface area contributed by atoms with Gasteiger partial charge in [-0.2, -0.15) is 17.2 Å².